The SMILES string of the molecule is Cc1nn(C)c(Cl)c1CC(=O)C(N)c1cccs1. The molecule has 0 aliphatic heterocycles. The number of hydrogen-bond acceptors (Lipinski definition) is 4. The van der Waals surface area contributed by atoms with Gasteiger partial charge >= 0.3 is 0 Å². The summed E-state index contributed by atoms with van der Waals surface area (Å²) in [7, 11) is 1.75. The van der Waals surface area contributed by atoms with E-state index >= 15 is 0 Å². The lowest BCUT2D eigenvalue weighted by Crippen LogP contribution is -2.22. The van der Waals surface area contributed by atoms with Gasteiger partial charge in [-0.3, -0.25) is 9.48 Å². The van der Waals surface area contributed by atoms with Gasteiger partial charge in [0.2, 0.25) is 0 Å². The van der Waals surface area contributed by atoms with Crippen LogP contribution in [0, 0.1) is 6.92 Å². The van der Waals surface area contributed by atoms with Crippen molar-refractivity contribution in [1.29, 1.82) is 0 Å². The summed E-state index contributed by atoms with van der Waals surface area (Å²) >= 11 is 7.58. The van der Waals surface area contributed by atoms with Crippen LogP contribution in [0.15, 0.2) is 17.5 Å². The highest BCUT2D eigenvalue weighted by molar-refractivity contribution is 7.10. The Morgan fingerprint density at radius 2 is 2.39 bits per heavy atom. The minimum absolute atomic E-state index is 0.0459. The number of Topliss-reactive ketones (excluding diaryl/α,β-unsaturated/α-hetero) is 1. The lowest BCUT2D eigenvalue weighted by atomic mass is 10.0. The van der Waals surface area contributed by atoms with Crippen LogP contribution in [0.25, 0.3) is 0 Å². The molecule has 0 fully saturated rings. The first kappa shape index (κ1) is 13.3. The average Bonchev–Trinajstić information content (AvgIpc) is 2.93. The number of ketones is 1. The van der Waals surface area contributed by atoms with E-state index in [-0.39, 0.29) is 12.2 Å². The largest absolute Gasteiger partial charge is 0.317 e. The van der Waals surface area contributed by atoms with E-state index in [4.69, 9.17) is 17.3 Å². The molecule has 0 saturated heterocycles. The summed E-state index contributed by atoms with van der Waals surface area (Å²) in [5.74, 6) is -0.0459. The fraction of sp³-hybridized carbons (Fsp3) is 0.333. The molecule has 1 atom stereocenters. The van der Waals surface area contributed by atoms with Crippen LogP contribution in [0.1, 0.15) is 22.2 Å². The molecule has 96 valence electrons. The van der Waals surface area contributed by atoms with Gasteiger partial charge < -0.3 is 5.73 Å². The molecular formula is C12H14ClN3OS. The third-order valence-electron chi connectivity index (χ3n) is 2.82. The van der Waals surface area contributed by atoms with Crippen LogP contribution in [0.3, 0.4) is 0 Å². The molecule has 0 spiro atoms. The highest BCUT2D eigenvalue weighted by Gasteiger charge is 2.21. The van der Waals surface area contributed by atoms with Crippen molar-refractivity contribution in [2.45, 2.75) is 19.4 Å². The quantitative estimate of drug-likeness (QED) is 0.936. The maximum atomic E-state index is 12.1. The van der Waals surface area contributed by atoms with Crippen molar-refractivity contribution in [1.82, 2.24) is 9.78 Å². The predicted molar refractivity (Wildman–Crippen MR) is 72.9 cm³/mol. The molecule has 0 aliphatic rings. The molecule has 2 heterocycles. The second kappa shape index (κ2) is 5.22. The third kappa shape index (κ3) is 2.48. The van der Waals surface area contributed by atoms with E-state index in [0.717, 1.165) is 16.1 Å². The molecule has 0 radical (unpaired) electrons. The summed E-state index contributed by atoms with van der Waals surface area (Å²) in [6, 6.07) is 3.17. The molecule has 2 aromatic rings. The van der Waals surface area contributed by atoms with Gasteiger partial charge in [0.15, 0.2) is 5.78 Å². The number of hydrogen-bond donors (Lipinski definition) is 1. The number of nitrogens with two attached hydrogens (primary N) is 1. The maximum absolute atomic E-state index is 12.1. The number of rotatable bonds is 4. The molecule has 0 aromatic carbocycles. The number of carbonyl (C=O) groups is 1. The number of halogens is 1. The van der Waals surface area contributed by atoms with Crippen LogP contribution in [-0.2, 0) is 18.3 Å². The van der Waals surface area contributed by atoms with E-state index in [1.165, 1.54) is 11.3 Å². The van der Waals surface area contributed by atoms with Crippen molar-refractivity contribution in [3.63, 3.8) is 0 Å². The molecule has 2 rings (SSSR count). The molecule has 0 amide bonds. The van der Waals surface area contributed by atoms with E-state index in [1.54, 1.807) is 11.7 Å². The lowest BCUT2D eigenvalue weighted by Gasteiger charge is -2.08. The first-order valence-corrected chi connectivity index (χ1v) is 6.76. The van der Waals surface area contributed by atoms with Gasteiger partial charge in [0.1, 0.15) is 5.15 Å². The Morgan fingerprint density at radius 3 is 2.89 bits per heavy atom. The Kier molecular flexibility index (Phi) is 3.85. The van der Waals surface area contributed by atoms with Gasteiger partial charge in [-0.2, -0.15) is 5.10 Å². The van der Waals surface area contributed by atoms with Gasteiger partial charge in [-0.15, -0.1) is 11.3 Å². The molecule has 4 nitrogen and oxygen atoms in total. The Labute approximate surface area is 114 Å². The zero-order chi connectivity index (χ0) is 13.3. The lowest BCUT2D eigenvalue weighted by molar-refractivity contribution is -0.119. The highest BCUT2D eigenvalue weighted by Crippen LogP contribution is 2.23. The number of carbonyl (C=O) groups excluding carboxylic acids is 1. The minimum Gasteiger partial charge on any atom is -0.317 e. The highest BCUT2D eigenvalue weighted by atomic mass is 35.5. The molecule has 18 heavy (non-hydrogen) atoms. The van der Waals surface area contributed by atoms with Gasteiger partial charge in [0.05, 0.1) is 11.7 Å². The van der Waals surface area contributed by atoms with Crippen LogP contribution in [0.4, 0.5) is 0 Å². The van der Waals surface area contributed by atoms with E-state index in [2.05, 4.69) is 5.10 Å². The Bertz CT molecular complexity index is 562. The number of thiophene rings is 1. The zero-order valence-electron chi connectivity index (χ0n) is 10.2. The summed E-state index contributed by atoms with van der Waals surface area (Å²) in [6.45, 7) is 1.84. The fourth-order valence-corrected chi connectivity index (χ4v) is 2.78. The van der Waals surface area contributed by atoms with Crippen molar-refractivity contribution in [2.24, 2.45) is 12.8 Å². The van der Waals surface area contributed by atoms with Crippen molar-refractivity contribution < 1.29 is 4.79 Å². The van der Waals surface area contributed by atoms with Gasteiger partial charge in [-0.05, 0) is 18.4 Å². The maximum Gasteiger partial charge on any atom is 0.159 e. The monoisotopic (exact) mass is 283 g/mol. The van der Waals surface area contributed by atoms with Gasteiger partial charge in [0.25, 0.3) is 0 Å². The van der Waals surface area contributed by atoms with E-state index in [9.17, 15) is 4.79 Å². The van der Waals surface area contributed by atoms with Crippen molar-refractivity contribution in [3.8, 4) is 0 Å². The van der Waals surface area contributed by atoms with Crippen LogP contribution >= 0.6 is 22.9 Å². The van der Waals surface area contributed by atoms with E-state index < -0.39 is 6.04 Å². The summed E-state index contributed by atoms with van der Waals surface area (Å²) in [6.07, 6.45) is 0.220. The molecule has 1 unspecified atom stereocenters. The number of nitrogens with zero attached hydrogens (tertiary/aromatic N) is 2. The Balaban J connectivity index is 2.17. The number of aromatic nitrogens is 2. The van der Waals surface area contributed by atoms with Crippen molar-refractivity contribution >= 4 is 28.7 Å². The van der Waals surface area contributed by atoms with Gasteiger partial charge in [-0.25, -0.2) is 0 Å². The zero-order valence-corrected chi connectivity index (χ0v) is 11.8. The summed E-state index contributed by atoms with van der Waals surface area (Å²) in [5.41, 5.74) is 7.46. The van der Waals surface area contributed by atoms with Crippen LogP contribution in [0.2, 0.25) is 5.15 Å². The molecule has 0 aliphatic carbocycles. The van der Waals surface area contributed by atoms with Crippen LogP contribution in [-0.4, -0.2) is 15.6 Å². The first-order valence-electron chi connectivity index (χ1n) is 5.50. The van der Waals surface area contributed by atoms with Gasteiger partial charge in [-0.1, -0.05) is 17.7 Å². The minimum atomic E-state index is -0.583. The predicted octanol–water partition coefficient (Wildman–Crippen LogP) is 2.26. The Hall–Kier alpha value is -1.17. The van der Waals surface area contributed by atoms with Crippen molar-refractivity contribution in [3.05, 3.63) is 38.8 Å². The van der Waals surface area contributed by atoms with E-state index in [1.807, 2.05) is 24.4 Å². The number of aryl methyl sites for hydroxylation is 2. The topological polar surface area (TPSA) is 60.9 Å². The Morgan fingerprint density at radius 1 is 1.67 bits per heavy atom. The fourth-order valence-electron chi connectivity index (χ4n) is 1.79. The van der Waals surface area contributed by atoms with Gasteiger partial charge in [0, 0.05) is 23.9 Å². The van der Waals surface area contributed by atoms with Crippen LogP contribution in [0.5, 0.6) is 0 Å². The first-order chi connectivity index (χ1) is 8.50. The summed E-state index contributed by atoms with van der Waals surface area (Å²) in [5, 5.41) is 6.59. The molecule has 0 saturated carbocycles. The summed E-state index contributed by atoms with van der Waals surface area (Å²) < 4.78 is 1.57. The van der Waals surface area contributed by atoms with Crippen molar-refractivity contribution in [2.75, 3.05) is 0 Å². The van der Waals surface area contributed by atoms with E-state index in [0.29, 0.717) is 5.15 Å². The molecule has 0 bridgehead atoms. The smallest absolute Gasteiger partial charge is 0.159 e. The third-order valence-corrected chi connectivity index (χ3v) is 4.25. The molecule has 2 aromatic heterocycles. The molecular weight excluding hydrogens is 270 g/mol. The molecule has 6 heteroatoms. The molecule has 2 N–H and O–H groups in total. The normalized spacial score (nSPS) is 12.7. The summed E-state index contributed by atoms with van der Waals surface area (Å²) in [4.78, 5) is 13.0. The average molecular weight is 284 g/mol. The second-order valence-corrected chi connectivity index (χ2v) is 5.45. The standard InChI is InChI=1S/C12H14ClN3OS/c1-7-8(12(13)16(2)15-7)6-9(17)11(14)10-4-3-5-18-10/h3-5,11H,6,14H2,1-2H3. The van der Waals surface area contributed by atoms with Crippen LogP contribution < -0.4 is 5.73 Å². The second-order valence-electron chi connectivity index (χ2n) is 4.11.